The fraction of sp³-hybridized carbons (Fsp3) is 0.200. The van der Waals surface area contributed by atoms with Crippen LogP contribution in [0.1, 0.15) is 5.76 Å². The van der Waals surface area contributed by atoms with Gasteiger partial charge in [0.05, 0.1) is 5.75 Å². The van der Waals surface area contributed by atoms with Crippen molar-refractivity contribution in [3.63, 3.8) is 0 Å². The van der Waals surface area contributed by atoms with Gasteiger partial charge in [0.1, 0.15) is 11.3 Å². The maximum Gasteiger partial charge on any atom is 0.136 e. The molecule has 0 saturated heterocycles. The monoisotopic (exact) mass is 193 g/mol. The molecule has 68 valence electrons. The highest BCUT2D eigenvalue weighted by molar-refractivity contribution is 7.97. The molecule has 0 radical (unpaired) electrons. The van der Waals surface area contributed by atoms with E-state index in [1.807, 2.05) is 24.3 Å². The minimum Gasteiger partial charge on any atom is -0.460 e. The summed E-state index contributed by atoms with van der Waals surface area (Å²) in [4.78, 5) is 0. The van der Waals surface area contributed by atoms with E-state index in [9.17, 15) is 0 Å². The van der Waals surface area contributed by atoms with E-state index in [0.717, 1.165) is 28.2 Å². The summed E-state index contributed by atoms with van der Waals surface area (Å²) in [6, 6.07) is 7.75. The van der Waals surface area contributed by atoms with Crippen molar-refractivity contribution in [3.8, 4) is 0 Å². The lowest BCUT2D eigenvalue weighted by atomic mass is 10.2. The predicted molar refractivity (Wildman–Crippen MR) is 57.8 cm³/mol. The van der Waals surface area contributed by atoms with Gasteiger partial charge in [-0.2, -0.15) is 11.8 Å². The molecular weight excluding hydrogens is 182 g/mol. The highest BCUT2D eigenvalue weighted by Crippen LogP contribution is 2.26. The zero-order valence-corrected chi connectivity index (χ0v) is 8.23. The second-order valence-corrected chi connectivity index (χ2v) is 3.77. The van der Waals surface area contributed by atoms with Crippen molar-refractivity contribution in [3.05, 3.63) is 30.0 Å². The van der Waals surface area contributed by atoms with E-state index >= 15 is 0 Å². The van der Waals surface area contributed by atoms with Gasteiger partial charge in [-0.1, -0.05) is 6.07 Å². The molecule has 2 aromatic rings. The SMILES string of the molecule is CSCc1cc2c(N)cccc2o1. The molecule has 0 saturated carbocycles. The molecule has 0 bridgehead atoms. The van der Waals surface area contributed by atoms with Gasteiger partial charge in [0.15, 0.2) is 0 Å². The van der Waals surface area contributed by atoms with Gasteiger partial charge in [0.25, 0.3) is 0 Å². The smallest absolute Gasteiger partial charge is 0.136 e. The van der Waals surface area contributed by atoms with E-state index in [2.05, 4.69) is 6.26 Å². The van der Waals surface area contributed by atoms with Gasteiger partial charge in [-0.15, -0.1) is 0 Å². The van der Waals surface area contributed by atoms with Crippen LogP contribution in [0.2, 0.25) is 0 Å². The Morgan fingerprint density at radius 1 is 1.46 bits per heavy atom. The Morgan fingerprint density at radius 2 is 2.31 bits per heavy atom. The van der Waals surface area contributed by atoms with Crippen LogP contribution in [0.3, 0.4) is 0 Å². The number of hydrogen-bond acceptors (Lipinski definition) is 3. The van der Waals surface area contributed by atoms with Crippen LogP contribution in [0.25, 0.3) is 11.0 Å². The normalized spacial score (nSPS) is 10.8. The number of nitrogens with two attached hydrogens (primary N) is 1. The number of fused-ring (bicyclic) bond motifs is 1. The van der Waals surface area contributed by atoms with Gasteiger partial charge >= 0.3 is 0 Å². The standard InChI is InChI=1S/C10H11NOS/c1-13-6-7-5-8-9(11)3-2-4-10(8)12-7/h2-5H,6,11H2,1H3. The topological polar surface area (TPSA) is 39.2 Å². The largest absolute Gasteiger partial charge is 0.460 e. The van der Waals surface area contributed by atoms with Crippen LogP contribution in [0.4, 0.5) is 5.69 Å². The zero-order valence-electron chi connectivity index (χ0n) is 7.41. The Kier molecular flexibility index (Phi) is 2.19. The maximum absolute atomic E-state index is 5.80. The summed E-state index contributed by atoms with van der Waals surface area (Å²) in [7, 11) is 0. The van der Waals surface area contributed by atoms with Crippen molar-refractivity contribution in [2.45, 2.75) is 5.75 Å². The summed E-state index contributed by atoms with van der Waals surface area (Å²) in [6.07, 6.45) is 2.05. The molecule has 0 aliphatic rings. The first kappa shape index (κ1) is 8.51. The Morgan fingerprint density at radius 3 is 3.00 bits per heavy atom. The van der Waals surface area contributed by atoms with Gasteiger partial charge in [-0.3, -0.25) is 0 Å². The quantitative estimate of drug-likeness (QED) is 0.745. The van der Waals surface area contributed by atoms with Crippen molar-refractivity contribution >= 4 is 28.4 Å². The van der Waals surface area contributed by atoms with Gasteiger partial charge < -0.3 is 10.2 Å². The van der Waals surface area contributed by atoms with Gasteiger partial charge in [-0.05, 0) is 24.5 Å². The van der Waals surface area contributed by atoms with Gasteiger partial charge in [-0.25, -0.2) is 0 Å². The molecule has 0 aliphatic heterocycles. The molecule has 1 aromatic heterocycles. The Balaban J connectivity index is 2.55. The lowest BCUT2D eigenvalue weighted by Gasteiger charge is -1.91. The number of nitrogen functional groups attached to an aromatic ring is 1. The van der Waals surface area contributed by atoms with Crippen LogP contribution in [0, 0.1) is 0 Å². The van der Waals surface area contributed by atoms with E-state index in [4.69, 9.17) is 10.2 Å². The van der Waals surface area contributed by atoms with Gasteiger partial charge in [0, 0.05) is 11.1 Å². The van der Waals surface area contributed by atoms with E-state index < -0.39 is 0 Å². The molecule has 1 aromatic carbocycles. The van der Waals surface area contributed by atoms with E-state index in [0.29, 0.717) is 0 Å². The highest BCUT2D eigenvalue weighted by atomic mass is 32.2. The zero-order chi connectivity index (χ0) is 9.26. The highest BCUT2D eigenvalue weighted by Gasteiger charge is 2.04. The number of benzene rings is 1. The molecule has 0 aliphatic carbocycles. The summed E-state index contributed by atoms with van der Waals surface area (Å²) in [5.74, 6) is 1.88. The van der Waals surface area contributed by atoms with Crippen LogP contribution in [-0.4, -0.2) is 6.26 Å². The lowest BCUT2D eigenvalue weighted by Crippen LogP contribution is -1.82. The molecule has 13 heavy (non-hydrogen) atoms. The first-order valence-electron chi connectivity index (χ1n) is 4.07. The van der Waals surface area contributed by atoms with Gasteiger partial charge in [0.2, 0.25) is 0 Å². The Bertz CT molecular complexity index is 422. The third-order valence-electron chi connectivity index (χ3n) is 1.93. The van der Waals surface area contributed by atoms with E-state index in [1.54, 1.807) is 11.8 Å². The van der Waals surface area contributed by atoms with Crippen LogP contribution < -0.4 is 5.73 Å². The molecule has 0 atom stereocenters. The summed E-state index contributed by atoms with van der Waals surface area (Å²) in [5.41, 5.74) is 7.46. The third-order valence-corrected chi connectivity index (χ3v) is 2.51. The van der Waals surface area contributed by atoms with Crippen LogP contribution in [0.5, 0.6) is 0 Å². The Labute approximate surface area is 81.1 Å². The molecule has 0 unspecified atom stereocenters. The van der Waals surface area contributed by atoms with Crippen molar-refractivity contribution in [2.24, 2.45) is 0 Å². The maximum atomic E-state index is 5.80. The fourth-order valence-electron chi connectivity index (χ4n) is 1.35. The van der Waals surface area contributed by atoms with E-state index in [1.165, 1.54) is 0 Å². The minimum absolute atomic E-state index is 0.786. The average molecular weight is 193 g/mol. The molecular formula is C10H11NOS. The number of thioether (sulfide) groups is 1. The van der Waals surface area contributed by atoms with Crippen LogP contribution >= 0.6 is 11.8 Å². The summed E-state index contributed by atoms with van der Waals surface area (Å²) in [6.45, 7) is 0. The molecule has 2 rings (SSSR count). The predicted octanol–water partition coefficient (Wildman–Crippen LogP) is 2.88. The minimum atomic E-state index is 0.786. The van der Waals surface area contributed by atoms with Crippen LogP contribution in [0.15, 0.2) is 28.7 Å². The number of rotatable bonds is 2. The average Bonchev–Trinajstić information content (AvgIpc) is 2.49. The van der Waals surface area contributed by atoms with Crippen molar-refractivity contribution < 1.29 is 4.42 Å². The molecule has 2 nitrogen and oxygen atoms in total. The van der Waals surface area contributed by atoms with Crippen molar-refractivity contribution in [1.29, 1.82) is 0 Å². The number of furan rings is 1. The number of hydrogen-bond donors (Lipinski definition) is 1. The van der Waals surface area contributed by atoms with E-state index in [-0.39, 0.29) is 0 Å². The van der Waals surface area contributed by atoms with Crippen molar-refractivity contribution in [1.82, 2.24) is 0 Å². The molecule has 1 heterocycles. The lowest BCUT2D eigenvalue weighted by molar-refractivity contribution is 0.574. The van der Waals surface area contributed by atoms with Crippen LogP contribution in [-0.2, 0) is 5.75 Å². The molecule has 2 N–H and O–H groups in total. The second kappa shape index (κ2) is 3.34. The van der Waals surface area contributed by atoms with Crippen molar-refractivity contribution in [2.75, 3.05) is 12.0 Å². The first-order valence-corrected chi connectivity index (χ1v) is 5.46. The molecule has 3 heteroatoms. The fourth-order valence-corrected chi connectivity index (χ4v) is 1.78. The summed E-state index contributed by atoms with van der Waals surface area (Å²) in [5, 5.41) is 1.02. The summed E-state index contributed by atoms with van der Waals surface area (Å²) < 4.78 is 5.59. The number of anilines is 1. The second-order valence-electron chi connectivity index (χ2n) is 2.90. The third kappa shape index (κ3) is 1.52. The summed E-state index contributed by atoms with van der Waals surface area (Å²) >= 11 is 1.74. The first-order chi connectivity index (χ1) is 6.31. The molecule has 0 fully saturated rings. The molecule has 0 spiro atoms. The Hall–Kier alpha value is -1.09. The molecule has 0 amide bonds.